The predicted octanol–water partition coefficient (Wildman–Crippen LogP) is 2.11. The maximum atomic E-state index is 5.72. The van der Waals surface area contributed by atoms with Crippen LogP contribution in [0.5, 0.6) is 0 Å². The van der Waals surface area contributed by atoms with Crippen LogP contribution in [0.25, 0.3) is 0 Å². The van der Waals surface area contributed by atoms with E-state index in [0.717, 1.165) is 32.9 Å². The lowest BCUT2D eigenvalue weighted by molar-refractivity contribution is -0.0718. The lowest BCUT2D eigenvalue weighted by Crippen LogP contribution is -2.44. The van der Waals surface area contributed by atoms with Gasteiger partial charge in [-0.3, -0.25) is 4.90 Å². The monoisotopic (exact) mass is 261 g/mol. The molecule has 1 heterocycles. The first-order valence-electron chi connectivity index (χ1n) is 6.63. The summed E-state index contributed by atoms with van der Waals surface area (Å²) in [5, 5.41) is 0. The van der Waals surface area contributed by atoms with Crippen molar-refractivity contribution in [3.05, 3.63) is 0 Å². The maximum absolute atomic E-state index is 5.72. The molecule has 0 aliphatic carbocycles. The SMILES string of the molecule is CSCCCN1CCO[C@H](COCC(C)C)C1. The van der Waals surface area contributed by atoms with Gasteiger partial charge in [-0.15, -0.1) is 0 Å². The number of hydrogen-bond acceptors (Lipinski definition) is 4. The molecule has 17 heavy (non-hydrogen) atoms. The summed E-state index contributed by atoms with van der Waals surface area (Å²) in [4.78, 5) is 2.50. The van der Waals surface area contributed by atoms with Crippen LogP contribution >= 0.6 is 11.8 Å². The Bertz CT molecular complexity index is 190. The normalized spacial score (nSPS) is 22.2. The van der Waals surface area contributed by atoms with Crippen LogP contribution in [0.15, 0.2) is 0 Å². The van der Waals surface area contributed by atoms with E-state index >= 15 is 0 Å². The van der Waals surface area contributed by atoms with E-state index in [1.165, 1.54) is 18.7 Å². The van der Waals surface area contributed by atoms with Crippen molar-refractivity contribution in [1.82, 2.24) is 4.90 Å². The first-order valence-corrected chi connectivity index (χ1v) is 8.02. The lowest BCUT2D eigenvalue weighted by atomic mass is 10.2. The molecule has 0 spiro atoms. The first-order chi connectivity index (χ1) is 8.22. The van der Waals surface area contributed by atoms with Crippen LogP contribution in [0.1, 0.15) is 20.3 Å². The van der Waals surface area contributed by atoms with Crippen LogP contribution in [-0.4, -0.2) is 62.5 Å². The zero-order chi connectivity index (χ0) is 12.5. The maximum Gasteiger partial charge on any atom is 0.0935 e. The highest BCUT2D eigenvalue weighted by Gasteiger charge is 2.20. The summed E-state index contributed by atoms with van der Waals surface area (Å²) in [5.74, 6) is 1.86. The Kier molecular flexibility index (Phi) is 8.27. The smallest absolute Gasteiger partial charge is 0.0935 e. The molecule has 1 rings (SSSR count). The second-order valence-electron chi connectivity index (χ2n) is 5.07. The van der Waals surface area contributed by atoms with Gasteiger partial charge in [0.1, 0.15) is 0 Å². The van der Waals surface area contributed by atoms with E-state index in [2.05, 4.69) is 25.0 Å². The van der Waals surface area contributed by atoms with E-state index in [0.29, 0.717) is 5.92 Å². The summed E-state index contributed by atoms with van der Waals surface area (Å²) in [5.41, 5.74) is 0. The highest BCUT2D eigenvalue weighted by Crippen LogP contribution is 2.08. The number of ether oxygens (including phenoxy) is 2. The fourth-order valence-corrected chi connectivity index (χ4v) is 2.37. The molecule has 0 radical (unpaired) electrons. The summed E-state index contributed by atoms with van der Waals surface area (Å²) < 4.78 is 11.4. The van der Waals surface area contributed by atoms with E-state index < -0.39 is 0 Å². The standard InChI is InChI=1S/C13H27NO2S/c1-12(2)10-15-11-13-9-14(6-7-16-13)5-4-8-17-3/h12-13H,4-11H2,1-3H3/t13-/m0/s1. The van der Waals surface area contributed by atoms with Crippen molar-refractivity contribution in [3.8, 4) is 0 Å². The molecule has 0 aromatic heterocycles. The molecule has 0 bridgehead atoms. The number of thioether (sulfide) groups is 1. The molecule has 0 amide bonds. The topological polar surface area (TPSA) is 21.7 Å². The second-order valence-corrected chi connectivity index (χ2v) is 6.06. The van der Waals surface area contributed by atoms with Crippen LogP contribution < -0.4 is 0 Å². The molecule has 4 heteroatoms. The minimum absolute atomic E-state index is 0.275. The molecule has 1 atom stereocenters. The molecule has 1 aliphatic heterocycles. The van der Waals surface area contributed by atoms with Gasteiger partial charge in [0.05, 0.1) is 19.3 Å². The number of nitrogens with zero attached hydrogens (tertiary/aromatic N) is 1. The molecule has 0 unspecified atom stereocenters. The van der Waals surface area contributed by atoms with Gasteiger partial charge in [0.25, 0.3) is 0 Å². The highest BCUT2D eigenvalue weighted by molar-refractivity contribution is 7.98. The van der Waals surface area contributed by atoms with E-state index in [-0.39, 0.29) is 6.10 Å². The Hall–Kier alpha value is 0.230. The highest BCUT2D eigenvalue weighted by atomic mass is 32.2. The average Bonchev–Trinajstić information content (AvgIpc) is 2.29. The summed E-state index contributed by atoms with van der Waals surface area (Å²) in [6, 6.07) is 0. The van der Waals surface area contributed by atoms with Crippen LogP contribution in [0, 0.1) is 5.92 Å². The Morgan fingerprint density at radius 2 is 2.29 bits per heavy atom. The zero-order valence-corrected chi connectivity index (χ0v) is 12.3. The summed E-state index contributed by atoms with van der Waals surface area (Å²) >= 11 is 1.93. The molecule has 0 aromatic rings. The first kappa shape index (κ1) is 15.3. The van der Waals surface area contributed by atoms with Gasteiger partial charge in [0.2, 0.25) is 0 Å². The number of hydrogen-bond donors (Lipinski definition) is 0. The molecule has 3 nitrogen and oxygen atoms in total. The molecule has 0 aromatic carbocycles. The third kappa shape index (κ3) is 7.29. The van der Waals surface area contributed by atoms with E-state index in [1.54, 1.807) is 0 Å². The van der Waals surface area contributed by atoms with Crippen molar-refractivity contribution in [2.45, 2.75) is 26.4 Å². The summed E-state index contributed by atoms with van der Waals surface area (Å²) in [6.07, 6.45) is 3.72. The van der Waals surface area contributed by atoms with Crippen molar-refractivity contribution in [3.63, 3.8) is 0 Å². The van der Waals surface area contributed by atoms with Crippen LogP contribution in [0.4, 0.5) is 0 Å². The molecule has 1 saturated heterocycles. The third-order valence-electron chi connectivity index (χ3n) is 2.80. The van der Waals surface area contributed by atoms with Gasteiger partial charge in [0, 0.05) is 19.7 Å². The number of rotatable bonds is 8. The molecule has 0 N–H and O–H groups in total. The quantitative estimate of drug-likeness (QED) is 0.624. The Morgan fingerprint density at radius 1 is 1.47 bits per heavy atom. The van der Waals surface area contributed by atoms with E-state index in [1.807, 2.05) is 11.8 Å². The molecule has 1 aliphatic rings. The van der Waals surface area contributed by atoms with Crippen molar-refractivity contribution in [2.75, 3.05) is 51.5 Å². The second kappa shape index (κ2) is 9.20. The Morgan fingerprint density at radius 3 is 3.00 bits per heavy atom. The zero-order valence-electron chi connectivity index (χ0n) is 11.5. The molecular weight excluding hydrogens is 234 g/mol. The van der Waals surface area contributed by atoms with Crippen LogP contribution in [0.3, 0.4) is 0 Å². The largest absolute Gasteiger partial charge is 0.378 e. The van der Waals surface area contributed by atoms with Gasteiger partial charge in [-0.2, -0.15) is 11.8 Å². The number of morpholine rings is 1. The summed E-state index contributed by atoms with van der Waals surface area (Å²) in [6.45, 7) is 10.1. The Labute approximate surface area is 110 Å². The minimum Gasteiger partial charge on any atom is -0.378 e. The van der Waals surface area contributed by atoms with Gasteiger partial charge >= 0.3 is 0 Å². The van der Waals surface area contributed by atoms with Crippen molar-refractivity contribution in [1.29, 1.82) is 0 Å². The van der Waals surface area contributed by atoms with Crippen molar-refractivity contribution < 1.29 is 9.47 Å². The predicted molar refractivity (Wildman–Crippen MR) is 74.8 cm³/mol. The molecule has 102 valence electrons. The van der Waals surface area contributed by atoms with Gasteiger partial charge in [0.15, 0.2) is 0 Å². The van der Waals surface area contributed by atoms with Crippen molar-refractivity contribution in [2.24, 2.45) is 5.92 Å². The molecule has 0 saturated carbocycles. The Balaban J connectivity index is 2.10. The third-order valence-corrected chi connectivity index (χ3v) is 3.50. The molecule has 1 fully saturated rings. The van der Waals surface area contributed by atoms with Crippen LogP contribution in [-0.2, 0) is 9.47 Å². The fraction of sp³-hybridized carbons (Fsp3) is 1.00. The lowest BCUT2D eigenvalue weighted by Gasteiger charge is -2.32. The van der Waals surface area contributed by atoms with Gasteiger partial charge in [-0.05, 0) is 30.9 Å². The average molecular weight is 261 g/mol. The fourth-order valence-electron chi connectivity index (χ4n) is 1.95. The van der Waals surface area contributed by atoms with Gasteiger partial charge in [-0.1, -0.05) is 13.8 Å². The van der Waals surface area contributed by atoms with Crippen molar-refractivity contribution >= 4 is 11.8 Å². The van der Waals surface area contributed by atoms with E-state index in [4.69, 9.17) is 9.47 Å². The minimum atomic E-state index is 0.275. The summed E-state index contributed by atoms with van der Waals surface area (Å²) in [7, 11) is 0. The van der Waals surface area contributed by atoms with Crippen LogP contribution in [0.2, 0.25) is 0 Å². The molecular formula is C13H27NO2S. The van der Waals surface area contributed by atoms with Gasteiger partial charge in [-0.25, -0.2) is 0 Å². The van der Waals surface area contributed by atoms with E-state index in [9.17, 15) is 0 Å². The van der Waals surface area contributed by atoms with Gasteiger partial charge < -0.3 is 9.47 Å².